The van der Waals surface area contributed by atoms with Crippen molar-refractivity contribution in [1.82, 2.24) is 5.32 Å². The van der Waals surface area contributed by atoms with Crippen LogP contribution < -0.4 is 5.32 Å². The van der Waals surface area contributed by atoms with E-state index in [2.05, 4.69) is 25.2 Å². The van der Waals surface area contributed by atoms with E-state index in [9.17, 15) is 0 Å². The maximum atomic E-state index is 3.71. The van der Waals surface area contributed by atoms with E-state index in [-0.39, 0.29) is 0 Å². The van der Waals surface area contributed by atoms with Crippen LogP contribution >= 0.6 is 11.3 Å². The third-order valence-electron chi connectivity index (χ3n) is 4.29. The lowest BCUT2D eigenvalue weighted by atomic mass is 9.98. The van der Waals surface area contributed by atoms with Crippen molar-refractivity contribution >= 4 is 11.3 Å². The van der Waals surface area contributed by atoms with Crippen LogP contribution in [-0.4, -0.2) is 6.54 Å². The van der Waals surface area contributed by atoms with E-state index in [0.717, 1.165) is 24.3 Å². The summed E-state index contributed by atoms with van der Waals surface area (Å²) in [5.41, 5.74) is 1.51. The van der Waals surface area contributed by atoms with Crippen molar-refractivity contribution in [3.63, 3.8) is 0 Å². The standard InChI is InChI=1S/C15H23NS/c1-10-7-14(11(2)17-10)8-16-9-15(12-3-4-12)13-5-6-13/h7,12-13,15-16H,3-6,8-9H2,1-2H3. The minimum atomic E-state index is 0.995. The molecule has 0 aliphatic heterocycles. The molecule has 2 fully saturated rings. The van der Waals surface area contributed by atoms with Crippen molar-refractivity contribution in [2.45, 2.75) is 46.1 Å². The molecular formula is C15H23NS. The Morgan fingerprint density at radius 2 is 1.88 bits per heavy atom. The van der Waals surface area contributed by atoms with Gasteiger partial charge in [0.2, 0.25) is 0 Å². The second kappa shape index (κ2) is 4.74. The van der Waals surface area contributed by atoms with E-state index in [1.165, 1.54) is 47.5 Å². The van der Waals surface area contributed by atoms with Gasteiger partial charge in [-0.25, -0.2) is 0 Å². The highest BCUT2D eigenvalue weighted by molar-refractivity contribution is 7.12. The minimum Gasteiger partial charge on any atom is -0.312 e. The molecule has 1 aromatic rings. The van der Waals surface area contributed by atoms with Crippen LogP contribution in [0, 0.1) is 31.6 Å². The molecule has 2 heteroatoms. The molecular weight excluding hydrogens is 226 g/mol. The number of hydrogen-bond acceptors (Lipinski definition) is 2. The molecule has 0 atom stereocenters. The Hall–Kier alpha value is -0.340. The van der Waals surface area contributed by atoms with Gasteiger partial charge >= 0.3 is 0 Å². The molecule has 1 N–H and O–H groups in total. The summed E-state index contributed by atoms with van der Waals surface area (Å²) in [5, 5.41) is 3.71. The summed E-state index contributed by atoms with van der Waals surface area (Å²) in [6.07, 6.45) is 6.00. The Balaban J connectivity index is 1.49. The Bertz CT molecular complexity index is 376. The maximum absolute atomic E-state index is 3.71. The van der Waals surface area contributed by atoms with Crippen LogP contribution in [0.25, 0.3) is 0 Å². The summed E-state index contributed by atoms with van der Waals surface area (Å²) < 4.78 is 0. The fourth-order valence-corrected chi connectivity index (χ4v) is 3.95. The zero-order chi connectivity index (χ0) is 11.8. The van der Waals surface area contributed by atoms with Crippen molar-refractivity contribution in [3.05, 3.63) is 21.4 Å². The molecule has 0 unspecified atom stereocenters. The fourth-order valence-electron chi connectivity index (χ4n) is 3.00. The Morgan fingerprint density at radius 3 is 2.35 bits per heavy atom. The Morgan fingerprint density at radius 1 is 1.24 bits per heavy atom. The zero-order valence-corrected chi connectivity index (χ0v) is 11.8. The predicted octanol–water partition coefficient (Wildman–Crippen LogP) is 3.89. The van der Waals surface area contributed by atoms with Gasteiger partial charge in [-0.3, -0.25) is 0 Å². The smallest absolute Gasteiger partial charge is 0.0216 e. The molecule has 0 radical (unpaired) electrons. The summed E-state index contributed by atoms with van der Waals surface area (Å²) in [7, 11) is 0. The normalized spacial score (nSPS) is 20.2. The molecule has 2 saturated carbocycles. The molecule has 2 aliphatic rings. The van der Waals surface area contributed by atoms with Crippen molar-refractivity contribution in [3.8, 4) is 0 Å². The highest BCUT2D eigenvalue weighted by Crippen LogP contribution is 2.48. The van der Waals surface area contributed by atoms with Crippen LogP contribution in [0.2, 0.25) is 0 Å². The van der Waals surface area contributed by atoms with Gasteiger partial charge in [-0.15, -0.1) is 11.3 Å². The summed E-state index contributed by atoms with van der Waals surface area (Å²) >= 11 is 1.93. The molecule has 0 aromatic carbocycles. The van der Waals surface area contributed by atoms with Gasteiger partial charge in [-0.05, 0) is 75.5 Å². The Kier molecular flexibility index (Phi) is 3.27. The third kappa shape index (κ3) is 2.92. The fraction of sp³-hybridized carbons (Fsp3) is 0.733. The lowest BCUT2D eigenvalue weighted by Gasteiger charge is -2.16. The van der Waals surface area contributed by atoms with Gasteiger partial charge in [0.1, 0.15) is 0 Å². The average Bonchev–Trinajstić information content (AvgIpc) is 3.14. The monoisotopic (exact) mass is 249 g/mol. The number of hydrogen-bond donors (Lipinski definition) is 1. The quantitative estimate of drug-likeness (QED) is 0.806. The van der Waals surface area contributed by atoms with Crippen LogP contribution in [0.4, 0.5) is 0 Å². The molecule has 1 aromatic heterocycles. The van der Waals surface area contributed by atoms with E-state index in [0.29, 0.717) is 0 Å². The topological polar surface area (TPSA) is 12.0 Å². The van der Waals surface area contributed by atoms with Gasteiger partial charge in [-0.2, -0.15) is 0 Å². The second-order valence-electron chi connectivity index (χ2n) is 5.91. The number of aryl methyl sites for hydroxylation is 2. The van der Waals surface area contributed by atoms with Gasteiger partial charge < -0.3 is 5.32 Å². The lowest BCUT2D eigenvalue weighted by Crippen LogP contribution is -2.25. The van der Waals surface area contributed by atoms with Crippen LogP contribution in [-0.2, 0) is 6.54 Å². The molecule has 3 rings (SSSR count). The van der Waals surface area contributed by atoms with Crippen LogP contribution in [0.1, 0.15) is 41.0 Å². The number of thiophene rings is 1. The van der Waals surface area contributed by atoms with Crippen molar-refractivity contribution in [1.29, 1.82) is 0 Å². The predicted molar refractivity (Wildman–Crippen MR) is 74.4 cm³/mol. The second-order valence-corrected chi connectivity index (χ2v) is 7.37. The maximum Gasteiger partial charge on any atom is 0.0216 e. The highest BCUT2D eigenvalue weighted by Gasteiger charge is 2.40. The number of nitrogens with one attached hydrogen (secondary N) is 1. The van der Waals surface area contributed by atoms with E-state index in [4.69, 9.17) is 0 Å². The third-order valence-corrected chi connectivity index (χ3v) is 5.30. The van der Waals surface area contributed by atoms with Gasteiger partial charge in [0, 0.05) is 16.3 Å². The summed E-state index contributed by atoms with van der Waals surface area (Å²) in [5.74, 6) is 3.13. The molecule has 1 heterocycles. The molecule has 17 heavy (non-hydrogen) atoms. The zero-order valence-electron chi connectivity index (χ0n) is 11.0. The van der Waals surface area contributed by atoms with Crippen LogP contribution in [0.3, 0.4) is 0 Å². The SMILES string of the molecule is Cc1cc(CNCC(C2CC2)C2CC2)c(C)s1. The van der Waals surface area contributed by atoms with Gasteiger partial charge in [0.15, 0.2) is 0 Å². The Labute approximate surface area is 109 Å². The lowest BCUT2D eigenvalue weighted by molar-refractivity contribution is 0.378. The summed E-state index contributed by atoms with van der Waals surface area (Å²) in [6.45, 7) is 6.78. The first-order chi connectivity index (χ1) is 8.24. The molecule has 0 saturated heterocycles. The van der Waals surface area contributed by atoms with Gasteiger partial charge in [0.25, 0.3) is 0 Å². The first-order valence-electron chi connectivity index (χ1n) is 7.00. The van der Waals surface area contributed by atoms with Crippen LogP contribution in [0.15, 0.2) is 6.07 Å². The van der Waals surface area contributed by atoms with E-state index in [1.807, 2.05) is 11.3 Å². The molecule has 0 spiro atoms. The summed E-state index contributed by atoms with van der Waals surface area (Å²) in [6, 6.07) is 2.34. The van der Waals surface area contributed by atoms with Gasteiger partial charge in [-0.1, -0.05) is 0 Å². The molecule has 94 valence electrons. The first kappa shape index (κ1) is 11.7. The molecule has 2 aliphatic carbocycles. The van der Waals surface area contributed by atoms with Crippen molar-refractivity contribution in [2.24, 2.45) is 17.8 Å². The average molecular weight is 249 g/mol. The van der Waals surface area contributed by atoms with Crippen LogP contribution in [0.5, 0.6) is 0 Å². The largest absolute Gasteiger partial charge is 0.312 e. The van der Waals surface area contributed by atoms with E-state index < -0.39 is 0 Å². The summed E-state index contributed by atoms with van der Waals surface area (Å²) in [4.78, 5) is 2.93. The van der Waals surface area contributed by atoms with Crippen molar-refractivity contribution < 1.29 is 0 Å². The number of rotatable bonds is 6. The van der Waals surface area contributed by atoms with E-state index >= 15 is 0 Å². The molecule has 0 amide bonds. The van der Waals surface area contributed by atoms with Crippen molar-refractivity contribution in [2.75, 3.05) is 6.54 Å². The minimum absolute atomic E-state index is 0.995. The van der Waals surface area contributed by atoms with Gasteiger partial charge in [0.05, 0.1) is 0 Å². The molecule has 0 bridgehead atoms. The first-order valence-corrected chi connectivity index (χ1v) is 7.82. The van der Waals surface area contributed by atoms with E-state index in [1.54, 1.807) is 0 Å². The molecule has 1 nitrogen and oxygen atoms in total. The highest BCUT2D eigenvalue weighted by atomic mass is 32.1.